The fourth-order valence-electron chi connectivity index (χ4n) is 4.45. The number of nitrogens with zero attached hydrogens (tertiary/aromatic N) is 2. The molecule has 7 heteroatoms. The largest absolute Gasteiger partial charge is 0.355 e. The highest BCUT2D eigenvalue weighted by atomic mass is 32.2. The predicted octanol–water partition coefficient (Wildman–Crippen LogP) is 6.72. The summed E-state index contributed by atoms with van der Waals surface area (Å²) < 4.78 is 0. The third-order valence-corrected chi connectivity index (χ3v) is 7.48. The van der Waals surface area contributed by atoms with E-state index in [0.717, 1.165) is 81.0 Å². The zero-order chi connectivity index (χ0) is 24.9. The fourth-order valence-corrected chi connectivity index (χ4v) is 5.39. The van der Waals surface area contributed by atoms with Gasteiger partial charge in [0.2, 0.25) is 0 Å². The van der Waals surface area contributed by atoms with Crippen molar-refractivity contribution in [3.05, 3.63) is 108 Å². The Morgan fingerprint density at radius 1 is 0.568 bits per heavy atom. The van der Waals surface area contributed by atoms with Crippen molar-refractivity contribution in [2.24, 2.45) is 10.2 Å². The van der Waals surface area contributed by atoms with Crippen molar-refractivity contribution in [1.82, 2.24) is 10.9 Å². The molecule has 2 aliphatic heterocycles. The Bertz CT molecular complexity index is 1340. The van der Waals surface area contributed by atoms with E-state index < -0.39 is 0 Å². The number of hydrogen-bond donors (Lipinski definition) is 4. The summed E-state index contributed by atoms with van der Waals surface area (Å²) in [6.07, 6.45) is 1.87. The van der Waals surface area contributed by atoms with Crippen LogP contribution in [-0.4, -0.2) is 24.5 Å². The molecule has 0 amide bonds. The van der Waals surface area contributed by atoms with Crippen LogP contribution in [0.4, 0.5) is 22.7 Å². The van der Waals surface area contributed by atoms with E-state index in [1.807, 2.05) is 36.4 Å². The molecular formula is C30H28N6S. The van der Waals surface area contributed by atoms with E-state index in [9.17, 15) is 0 Å². The molecule has 0 spiro atoms. The minimum absolute atomic E-state index is 0.884. The molecule has 6 nitrogen and oxygen atoms in total. The molecule has 0 radical (unpaired) electrons. The van der Waals surface area contributed by atoms with Crippen molar-refractivity contribution in [3.8, 4) is 0 Å². The topological polar surface area (TPSA) is 72.8 Å². The van der Waals surface area contributed by atoms with E-state index in [1.165, 1.54) is 0 Å². The highest BCUT2D eigenvalue weighted by molar-refractivity contribution is 7.99. The van der Waals surface area contributed by atoms with Crippen LogP contribution in [0.5, 0.6) is 0 Å². The molecule has 2 heterocycles. The van der Waals surface area contributed by atoms with E-state index in [-0.39, 0.29) is 0 Å². The minimum Gasteiger partial charge on any atom is -0.355 e. The number of para-hydroxylation sites is 2. The fraction of sp³-hybridized carbons (Fsp3) is 0.133. The van der Waals surface area contributed by atoms with Gasteiger partial charge in [-0.1, -0.05) is 60.3 Å². The molecule has 0 fully saturated rings. The van der Waals surface area contributed by atoms with Crippen molar-refractivity contribution >= 4 is 45.9 Å². The van der Waals surface area contributed by atoms with Crippen LogP contribution in [0.1, 0.15) is 24.0 Å². The number of hydrogen-bond acceptors (Lipinski definition) is 7. The third-order valence-electron chi connectivity index (χ3n) is 6.33. The Balaban J connectivity index is 1.37. The maximum atomic E-state index is 4.48. The molecule has 37 heavy (non-hydrogen) atoms. The molecule has 0 aliphatic carbocycles. The third kappa shape index (κ3) is 5.47. The van der Waals surface area contributed by atoms with Crippen LogP contribution in [0.2, 0.25) is 0 Å². The lowest BCUT2D eigenvalue weighted by molar-refractivity contribution is 0.813. The number of nitrogens with one attached hydrogen (secondary N) is 4. The number of rotatable bonds is 8. The van der Waals surface area contributed by atoms with Gasteiger partial charge in [0.1, 0.15) is 0 Å². The second kappa shape index (κ2) is 10.8. The summed E-state index contributed by atoms with van der Waals surface area (Å²) in [5, 5.41) is 16.2. The second-order valence-corrected chi connectivity index (χ2v) is 10.0. The maximum absolute atomic E-state index is 4.48. The van der Waals surface area contributed by atoms with E-state index in [1.54, 1.807) is 11.8 Å². The van der Waals surface area contributed by atoms with Gasteiger partial charge in [-0.3, -0.25) is 0 Å². The molecule has 4 aromatic rings. The van der Waals surface area contributed by atoms with Crippen LogP contribution in [-0.2, 0) is 0 Å². The Morgan fingerprint density at radius 3 is 1.43 bits per heavy atom. The van der Waals surface area contributed by atoms with Crippen LogP contribution in [0, 0.1) is 0 Å². The van der Waals surface area contributed by atoms with Gasteiger partial charge >= 0.3 is 0 Å². The molecule has 4 N–H and O–H groups in total. The zero-order valence-corrected chi connectivity index (χ0v) is 21.2. The van der Waals surface area contributed by atoms with Crippen LogP contribution in [0.25, 0.3) is 0 Å². The van der Waals surface area contributed by atoms with Gasteiger partial charge in [-0.2, -0.15) is 10.2 Å². The maximum Gasteiger partial charge on any atom is 0.0694 e. The minimum atomic E-state index is 0.884. The van der Waals surface area contributed by atoms with Gasteiger partial charge in [0.25, 0.3) is 0 Å². The van der Waals surface area contributed by atoms with Crippen LogP contribution < -0.4 is 21.5 Å². The molecule has 0 unspecified atom stereocenters. The molecule has 0 saturated carbocycles. The lowest BCUT2D eigenvalue weighted by atomic mass is 10.1. The van der Waals surface area contributed by atoms with Crippen molar-refractivity contribution in [2.75, 3.05) is 23.7 Å². The van der Waals surface area contributed by atoms with Gasteiger partial charge in [0.05, 0.1) is 22.8 Å². The first kappa shape index (κ1) is 23.2. The first-order valence-corrected chi connectivity index (χ1v) is 13.3. The highest BCUT2D eigenvalue weighted by Gasteiger charge is 2.16. The van der Waals surface area contributed by atoms with Crippen molar-refractivity contribution in [2.45, 2.75) is 22.6 Å². The van der Waals surface area contributed by atoms with E-state index in [4.69, 9.17) is 0 Å². The van der Waals surface area contributed by atoms with Crippen LogP contribution >= 0.6 is 11.8 Å². The summed E-state index contributed by atoms with van der Waals surface area (Å²) in [5.41, 5.74) is 14.9. The Labute approximate surface area is 221 Å². The highest BCUT2D eigenvalue weighted by Crippen LogP contribution is 2.40. The normalized spacial score (nSPS) is 14.4. The predicted molar refractivity (Wildman–Crippen MR) is 155 cm³/mol. The van der Waals surface area contributed by atoms with E-state index in [0.29, 0.717) is 0 Å². The molecular weight excluding hydrogens is 476 g/mol. The lowest BCUT2D eigenvalue weighted by Gasteiger charge is -2.17. The Morgan fingerprint density at radius 2 is 1.03 bits per heavy atom. The first-order chi connectivity index (χ1) is 18.3. The second-order valence-electron chi connectivity index (χ2n) is 8.94. The van der Waals surface area contributed by atoms with Gasteiger partial charge in [-0.25, -0.2) is 0 Å². The Hall–Kier alpha value is -4.23. The standard InChI is InChI=1S/C30H28N6S/c1-3-7-23(8-4-1)33-27-19-21(25-15-17-31-35-25)11-13-29(27)37-30-14-12-22(26-16-18-32-36-26)20-28(30)34-24-9-5-2-6-10-24/h1-14,19-20,31-34H,15-18H2. The molecule has 0 bridgehead atoms. The quantitative estimate of drug-likeness (QED) is 0.214. The van der Waals surface area contributed by atoms with E-state index >= 15 is 0 Å². The molecule has 0 saturated heterocycles. The Kier molecular flexibility index (Phi) is 6.77. The average Bonchev–Trinajstić information content (AvgIpc) is 3.67. The van der Waals surface area contributed by atoms with Crippen molar-refractivity contribution in [1.29, 1.82) is 0 Å². The molecule has 2 aliphatic rings. The van der Waals surface area contributed by atoms with E-state index in [2.05, 4.69) is 92.4 Å². The van der Waals surface area contributed by atoms with Gasteiger partial charge in [-0.05, 0) is 59.7 Å². The number of hydrazone groups is 2. The summed E-state index contributed by atoms with van der Waals surface area (Å²) in [4.78, 5) is 2.28. The summed E-state index contributed by atoms with van der Waals surface area (Å²) in [6, 6.07) is 33.7. The summed E-state index contributed by atoms with van der Waals surface area (Å²) >= 11 is 1.75. The van der Waals surface area contributed by atoms with Crippen molar-refractivity contribution in [3.63, 3.8) is 0 Å². The molecule has 0 aromatic heterocycles. The molecule has 184 valence electrons. The zero-order valence-electron chi connectivity index (χ0n) is 20.4. The summed E-state index contributed by atoms with van der Waals surface area (Å²) in [7, 11) is 0. The lowest BCUT2D eigenvalue weighted by Crippen LogP contribution is -2.02. The molecule has 0 atom stereocenters. The summed E-state index contributed by atoms with van der Waals surface area (Å²) in [6.45, 7) is 1.77. The van der Waals surface area contributed by atoms with Crippen molar-refractivity contribution < 1.29 is 0 Å². The smallest absolute Gasteiger partial charge is 0.0694 e. The van der Waals surface area contributed by atoms with Gasteiger partial charge in [0, 0.05) is 47.1 Å². The first-order valence-electron chi connectivity index (χ1n) is 12.5. The monoisotopic (exact) mass is 504 g/mol. The van der Waals surface area contributed by atoms with Gasteiger partial charge in [-0.15, -0.1) is 0 Å². The van der Waals surface area contributed by atoms with Crippen LogP contribution in [0.3, 0.4) is 0 Å². The van der Waals surface area contributed by atoms with Gasteiger partial charge in [0.15, 0.2) is 0 Å². The van der Waals surface area contributed by atoms with Crippen LogP contribution in [0.15, 0.2) is 117 Å². The van der Waals surface area contributed by atoms with Gasteiger partial charge < -0.3 is 21.5 Å². The molecule has 6 rings (SSSR count). The molecule has 4 aromatic carbocycles. The number of anilines is 4. The average molecular weight is 505 g/mol. The number of benzene rings is 4. The summed E-state index contributed by atoms with van der Waals surface area (Å²) in [5.74, 6) is 0. The SMILES string of the molecule is c1ccc(Nc2cc(C3=NNCC3)ccc2Sc2ccc(C3=NNCC3)cc2Nc2ccccc2)cc1.